The molecule has 0 aliphatic carbocycles. The van der Waals surface area contributed by atoms with Crippen LogP contribution in [0.3, 0.4) is 0 Å². The Labute approximate surface area is 88.2 Å². The predicted octanol–water partition coefficient (Wildman–Crippen LogP) is 1.40. The van der Waals surface area contributed by atoms with Crippen LogP contribution in [0.15, 0.2) is 24.7 Å². The van der Waals surface area contributed by atoms with Crippen molar-refractivity contribution in [2.24, 2.45) is 0 Å². The average molecular weight is 203 g/mol. The molecule has 2 aromatic rings. The normalized spacial score (nSPS) is 10.3. The second-order valence-corrected chi connectivity index (χ2v) is 3.11. The number of rotatable bonds is 3. The largest absolute Gasteiger partial charge is 0.354 e. The second kappa shape index (κ2) is 4.08. The molecular formula is C10H13N5. The minimum Gasteiger partial charge on any atom is -0.354 e. The maximum absolute atomic E-state index is 4.37. The molecule has 0 spiro atoms. The summed E-state index contributed by atoms with van der Waals surface area (Å²) in [5.41, 5.74) is 0. The number of aryl methyl sites for hydroxylation is 1. The molecule has 0 bridgehead atoms. The molecule has 0 fully saturated rings. The summed E-state index contributed by atoms with van der Waals surface area (Å²) in [6, 6.07) is 1.86. The van der Waals surface area contributed by atoms with Crippen LogP contribution < -0.4 is 5.32 Å². The molecular weight excluding hydrogens is 190 g/mol. The van der Waals surface area contributed by atoms with Gasteiger partial charge in [-0.1, -0.05) is 0 Å². The standard InChI is InChI=1S/C10H13N5/c1-3-11-10-13-5-4-9(14-10)15-7-6-12-8(15)2/h4-7H,3H2,1-2H3,(H,11,13,14). The fraction of sp³-hybridized carbons (Fsp3) is 0.300. The molecule has 0 radical (unpaired) electrons. The number of hydrogen-bond acceptors (Lipinski definition) is 4. The lowest BCUT2D eigenvalue weighted by Gasteiger charge is -2.05. The first kappa shape index (κ1) is 9.64. The van der Waals surface area contributed by atoms with Crippen LogP contribution in [0.25, 0.3) is 5.82 Å². The van der Waals surface area contributed by atoms with Gasteiger partial charge in [0.25, 0.3) is 0 Å². The highest BCUT2D eigenvalue weighted by Gasteiger charge is 2.02. The van der Waals surface area contributed by atoms with Crippen LogP contribution in [0.5, 0.6) is 0 Å². The van der Waals surface area contributed by atoms with E-state index in [0.29, 0.717) is 5.95 Å². The zero-order chi connectivity index (χ0) is 10.7. The van der Waals surface area contributed by atoms with Crippen molar-refractivity contribution in [3.8, 4) is 5.82 Å². The van der Waals surface area contributed by atoms with Crippen LogP contribution in [0.2, 0.25) is 0 Å². The zero-order valence-corrected chi connectivity index (χ0v) is 8.81. The number of hydrogen-bond donors (Lipinski definition) is 1. The summed E-state index contributed by atoms with van der Waals surface area (Å²) < 4.78 is 1.92. The van der Waals surface area contributed by atoms with Gasteiger partial charge < -0.3 is 5.32 Å². The molecule has 0 aromatic carbocycles. The number of imidazole rings is 1. The van der Waals surface area contributed by atoms with Crippen LogP contribution >= 0.6 is 0 Å². The van der Waals surface area contributed by atoms with Gasteiger partial charge in [-0.15, -0.1) is 0 Å². The Balaban J connectivity index is 2.37. The van der Waals surface area contributed by atoms with Crippen molar-refractivity contribution in [3.63, 3.8) is 0 Å². The van der Waals surface area contributed by atoms with Gasteiger partial charge >= 0.3 is 0 Å². The SMILES string of the molecule is CCNc1nccc(-n2ccnc2C)n1. The van der Waals surface area contributed by atoms with E-state index < -0.39 is 0 Å². The fourth-order valence-electron chi connectivity index (χ4n) is 1.35. The number of nitrogens with zero attached hydrogens (tertiary/aromatic N) is 4. The third-order valence-corrected chi connectivity index (χ3v) is 2.05. The van der Waals surface area contributed by atoms with Crippen LogP contribution in [0.4, 0.5) is 5.95 Å². The molecule has 0 saturated heterocycles. The van der Waals surface area contributed by atoms with Crippen molar-refractivity contribution in [2.45, 2.75) is 13.8 Å². The molecule has 0 aliphatic rings. The first-order valence-corrected chi connectivity index (χ1v) is 4.88. The molecule has 78 valence electrons. The summed E-state index contributed by atoms with van der Waals surface area (Å²) in [6.45, 7) is 4.76. The maximum atomic E-state index is 4.37. The van der Waals surface area contributed by atoms with Gasteiger partial charge in [0.2, 0.25) is 5.95 Å². The first-order chi connectivity index (χ1) is 7.31. The van der Waals surface area contributed by atoms with Gasteiger partial charge in [0.15, 0.2) is 0 Å². The molecule has 1 N–H and O–H groups in total. The fourth-order valence-corrected chi connectivity index (χ4v) is 1.35. The first-order valence-electron chi connectivity index (χ1n) is 4.88. The average Bonchev–Trinajstić information content (AvgIpc) is 2.65. The monoisotopic (exact) mass is 203 g/mol. The minimum atomic E-state index is 0.642. The molecule has 2 heterocycles. The molecule has 15 heavy (non-hydrogen) atoms. The molecule has 0 saturated carbocycles. The Bertz CT molecular complexity index is 449. The second-order valence-electron chi connectivity index (χ2n) is 3.11. The summed E-state index contributed by atoms with van der Waals surface area (Å²) in [5, 5.41) is 3.07. The van der Waals surface area contributed by atoms with E-state index in [1.54, 1.807) is 12.4 Å². The highest BCUT2D eigenvalue weighted by molar-refractivity contribution is 5.32. The van der Waals surface area contributed by atoms with E-state index in [2.05, 4.69) is 20.3 Å². The third-order valence-electron chi connectivity index (χ3n) is 2.05. The van der Waals surface area contributed by atoms with Gasteiger partial charge in [-0.2, -0.15) is 4.98 Å². The van der Waals surface area contributed by atoms with Gasteiger partial charge in [-0.25, -0.2) is 9.97 Å². The number of nitrogens with one attached hydrogen (secondary N) is 1. The summed E-state index contributed by atoms with van der Waals surface area (Å²) >= 11 is 0. The van der Waals surface area contributed by atoms with E-state index in [0.717, 1.165) is 18.2 Å². The topological polar surface area (TPSA) is 55.6 Å². The lowest BCUT2D eigenvalue weighted by atomic mass is 10.5. The van der Waals surface area contributed by atoms with Crippen LogP contribution in [-0.2, 0) is 0 Å². The molecule has 5 heteroatoms. The molecule has 2 rings (SSSR count). The quantitative estimate of drug-likeness (QED) is 0.819. The van der Waals surface area contributed by atoms with Crippen LogP contribution in [-0.4, -0.2) is 26.1 Å². The summed E-state index contributed by atoms with van der Waals surface area (Å²) in [7, 11) is 0. The summed E-state index contributed by atoms with van der Waals surface area (Å²) in [5.74, 6) is 2.38. The molecule has 0 aliphatic heterocycles. The molecule has 0 unspecified atom stereocenters. The van der Waals surface area contributed by atoms with E-state index >= 15 is 0 Å². The van der Waals surface area contributed by atoms with E-state index in [1.807, 2.05) is 30.7 Å². The Morgan fingerprint density at radius 1 is 1.33 bits per heavy atom. The summed E-state index contributed by atoms with van der Waals surface area (Å²) in [4.78, 5) is 12.6. The number of aromatic nitrogens is 4. The predicted molar refractivity (Wildman–Crippen MR) is 58.1 cm³/mol. The number of anilines is 1. The van der Waals surface area contributed by atoms with Crippen molar-refractivity contribution >= 4 is 5.95 Å². The Morgan fingerprint density at radius 2 is 2.20 bits per heavy atom. The van der Waals surface area contributed by atoms with Gasteiger partial charge in [0, 0.05) is 25.1 Å². The van der Waals surface area contributed by atoms with Gasteiger partial charge in [0.1, 0.15) is 11.6 Å². The van der Waals surface area contributed by atoms with Gasteiger partial charge in [0.05, 0.1) is 0 Å². The molecule has 5 nitrogen and oxygen atoms in total. The Kier molecular flexibility index (Phi) is 2.62. The van der Waals surface area contributed by atoms with E-state index in [9.17, 15) is 0 Å². The lowest BCUT2D eigenvalue weighted by Crippen LogP contribution is -2.05. The van der Waals surface area contributed by atoms with Gasteiger partial charge in [-0.3, -0.25) is 4.57 Å². The Morgan fingerprint density at radius 3 is 2.87 bits per heavy atom. The molecule has 2 aromatic heterocycles. The van der Waals surface area contributed by atoms with Crippen molar-refractivity contribution < 1.29 is 0 Å². The Hall–Kier alpha value is -1.91. The van der Waals surface area contributed by atoms with E-state index in [-0.39, 0.29) is 0 Å². The molecule has 0 atom stereocenters. The smallest absolute Gasteiger partial charge is 0.224 e. The van der Waals surface area contributed by atoms with Crippen LogP contribution in [0, 0.1) is 6.92 Å². The van der Waals surface area contributed by atoms with Crippen molar-refractivity contribution in [3.05, 3.63) is 30.5 Å². The zero-order valence-electron chi connectivity index (χ0n) is 8.81. The van der Waals surface area contributed by atoms with E-state index in [1.165, 1.54) is 0 Å². The molecule has 0 amide bonds. The third kappa shape index (κ3) is 1.96. The highest BCUT2D eigenvalue weighted by Crippen LogP contribution is 2.08. The minimum absolute atomic E-state index is 0.642. The van der Waals surface area contributed by atoms with Crippen molar-refractivity contribution in [1.82, 2.24) is 19.5 Å². The highest BCUT2D eigenvalue weighted by atomic mass is 15.2. The van der Waals surface area contributed by atoms with Gasteiger partial charge in [-0.05, 0) is 19.9 Å². The lowest BCUT2D eigenvalue weighted by molar-refractivity contribution is 0.917. The van der Waals surface area contributed by atoms with Crippen molar-refractivity contribution in [1.29, 1.82) is 0 Å². The van der Waals surface area contributed by atoms with Crippen molar-refractivity contribution in [2.75, 3.05) is 11.9 Å². The maximum Gasteiger partial charge on any atom is 0.224 e. The van der Waals surface area contributed by atoms with E-state index in [4.69, 9.17) is 0 Å². The summed E-state index contributed by atoms with van der Waals surface area (Å²) in [6.07, 6.45) is 5.37. The van der Waals surface area contributed by atoms with Crippen LogP contribution in [0.1, 0.15) is 12.7 Å².